The average Bonchev–Trinajstić information content (AvgIpc) is 2.40. The normalized spacial score (nSPS) is 41.7. The first-order chi connectivity index (χ1) is 9.02. The van der Waals surface area contributed by atoms with Gasteiger partial charge in [0.15, 0.2) is 0 Å². The number of rotatable bonds is 3. The van der Waals surface area contributed by atoms with E-state index < -0.39 is 0 Å². The van der Waals surface area contributed by atoms with Gasteiger partial charge in [-0.1, -0.05) is 20.8 Å². The van der Waals surface area contributed by atoms with Gasteiger partial charge in [0, 0.05) is 25.7 Å². The zero-order valence-electron chi connectivity index (χ0n) is 13.1. The van der Waals surface area contributed by atoms with E-state index in [2.05, 4.69) is 25.7 Å². The Morgan fingerprint density at radius 3 is 2.58 bits per heavy atom. The Bertz CT molecular complexity index is 282. The van der Waals surface area contributed by atoms with Gasteiger partial charge in [-0.25, -0.2) is 0 Å². The summed E-state index contributed by atoms with van der Waals surface area (Å²) in [5.41, 5.74) is 6.41. The molecule has 0 spiro atoms. The molecule has 1 saturated heterocycles. The number of piperidine rings is 1. The topological polar surface area (TPSA) is 38.5 Å². The number of methoxy groups -OCH3 is 1. The number of hydrogen-bond acceptors (Lipinski definition) is 3. The predicted molar refractivity (Wildman–Crippen MR) is 80.1 cm³/mol. The number of nitrogens with zero attached hydrogens (tertiary/aromatic N) is 1. The van der Waals surface area contributed by atoms with Crippen molar-refractivity contribution in [1.82, 2.24) is 4.90 Å². The molecule has 3 nitrogen and oxygen atoms in total. The Hall–Kier alpha value is -0.120. The Balaban J connectivity index is 1.98. The van der Waals surface area contributed by atoms with E-state index in [0.29, 0.717) is 24.1 Å². The summed E-state index contributed by atoms with van der Waals surface area (Å²) in [5, 5.41) is 0. The lowest BCUT2D eigenvalue weighted by molar-refractivity contribution is -0.0329. The largest absolute Gasteiger partial charge is 0.380 e. The van der Waals surface area contributed by atoms with Crippen LogP contribution in [-0.4, -0.2) is 43.3 Å². The van der Waals surface area contributed by atoms with Crippen molar-refractivity contribution >= 4 is 0 Å². The highest BCUT2D eigenvalue weighted by Crippen LogP contribution is 2.34. The molecule has 2 fully saturated rings. The van der Waals surface area contributed by atoms with Crippen LogP contribution >= 0.6 is 0 Å². The van der Waals surface area contributed by atoms with Crippen LogP contribution in [0, 0.1) is 17.8 Å². The molecule has 1 heterocycles. The summed E-state index contributed by atoms with van der Waals surface area (Å²) in [6, 6.07) is 0.937. The summed E-state index contributed by atoms with van der Waals surface area (Å²) in [7, 11) is 1.85. The molecule has 0 aromatic carbocycles. The van der Waals surface area contributed by atoms with Gasteiger partial charge in [0.1, 0.15) is 0 Å². The van der Waals surface area contributed by atoms with Crippen molar-refractivity contribution in [2.45, 2.75) is 64.6 Å². The number of nitrogens with two attached hydrogens (primary N) is 1. The maximum Gasteiger partial charge on any atom is 0.0724 e. The first-order valence-electron chi connectivity index (χ1n) is 8.05. The molecule has 1 aliphatic heterocycles. The van der Waals surface area contributed by atoms with E-state index in [9.17, 15) is 0 Å². The third-order valence-corrected chi connectivity index (χ3v) is 5.54. The highest BCUT2D eigenvalue weighted by atomic mass is 16.5. The molecule has 2 rings (SSSR count). The van der Waals surface area contributed by atoms with E-state index in [1.807, 2.05) is 7.11 Å². The second-order valence-electron chi connectivity index (χ2n) is 7.08. The van der Waals surface area contributed by atoms with Gasteiger partial charge in [-0.2, -0.15) is 0 Å². The van der Waals surface area contributed by atoms with E-state index in [1.54, 1.807) is 0 Å². The number of ether oxygens (including phenoxy) is 1. The minimum absolute atomic E-state index is 0.362. The van der Waals surface area contributed by atoms with Crippen molar-refractivity contribution in [3.8, 4) is 0 Å². The molecular weight excluding hydrogens is 236 g/mol. The maximum atomic E-state index is 6.41. The maximum absolute atomic E-state index is 6.41. The summed E-state index contributed by atoms with van der Waals surface area (Å²) in [6.07, 6.45) is 5.42. The smallest absolute Gasteiger partial charge is 0.0724 e. The Morgan fingerprint density at radius 1 is 1.21 bits per heavy atom. The van der Waals surface area contributed by atoms with Crippen LogP contribution in [0.3, 0.4) is 0 Å². The zero-order chi connectivity index (χ0) is 14.0. The third kappa shape index (κ3) is 3.50. The molecule has 0 amide bonds. The van der Waals surface area contributed by atoms with Crippen LogP contribution in [0.4, 0.5) is 0 Å². The number of hydrogen-bond donors (Lipinski definition) is 1. The van der Waals surface area contributed by atoms with Gasteiger partial charge in [0.05, 0.1) is 6.10 Å². The van der Waals surface area contributed by atoms with E-state index in [4.69, 9.17) is 10.5 Å². The second kappa shape index (κ2) is 6.55. The molecule has 0 radical (unpaired) electrons. The van der Waals surface area contributed by atoms with Crippen LogP contribution in [-0.2, 0) is 4.74 Å². The van der Waals surface area contributed by atoms with Crippen LogP contribution in [0.25, 0.3) is 0 Å². The fourth-order valence-electron chi connectivity index (χ4n) is 3.89. The van der Waals surface area contributed by atoms with Gasteiger partial charge >= 0.3 is 0 Å². The fourth-order valence-corrected chi connectivity index (χ4v) is 3.89. The molecule has 2 N–H and O–H groups in total. The van der Waals surface area contributed by atoms with Gasteiger partial charge in [-0.15, -0.1) is 0 Å². The summed E-state index contributed by atoms with van der Waals surface area (Å²) in [6.45, 7) is 9.29. The minimum Gasteiger partial charge on any atom is -0.380 e. The zero-order valence-corrected chi connectivity index (χ0v) is 13.1. The first kappa shape index (κ1) is 15.3. The van der Waals surface area contributed by atoms with Crippen molar-refractivity contribution in [2.24, 2.45) is 23.5 Å². The molecule has 0 bridgehead atoms. The van der Waals surface area contributed by atoms with Gasteiger partial charge in [-0.05, 0) is 50.0 Å². The Labute approximate surface area is 118 Å². The van der Waals surface area contributed by atoms with E-state index in [0.717, 1.165) is 18.4 Å². The van der Waals surface area contributed by atoms with Crippen LogP contribution in [0.1, 0.15) is 46.5 Å². The average molecular weight is 268 g/mol. The highest BCUT2D eigenvalue weighted by molar-refractivity contribution is 4.93. The van der Waals surface area contributed by atoms with Crippen molar-refractivity contribution in [1.29, 1.82) is 0 Å². The SMILES string of the molecule is COC1CN(C2CC(C(C)C)CCC2N)CCC1C. The molecule has 0 aromatic heterocycles. The lowest BCUT2D eigenvalue weighted by atomic mass is 9.76. The first-order valence-corrected chi connectivity index (χ1v) is 8.05. The molecular formula is C16H32N2O. The monoisotopic (exact) mass is 268 g/mol. The molecule has 19 heavy (non-hydrogen) atoms. The quantitative estimate of drug-likeness (QED) is 0.854. The van der Waals surface area contributed by atoms with Gasteiger partial charge in [0.2, 0.25) is 0 Å². The molecule has 0 aromatic rings. The van der Waals surface area contributed by atoms with Crippen LogP contribution in [0.2, 0.25) is 0 Å². The molecule has 5 unspecified atom stereocenters. The standard InChI is InChI=1S/C16H32N2O/c1-11(2)13-5-6-14(17)15(9-13)18-8-7-12(3)16(10-18)19-4/h11-16H,5-10,17H2,1-4H3. The van der Waals surface area contributed by atoms with Crippen molar-refractivity contribution < 1.29 is 4.74 Å². The summed E-state index contributed by atoms with van der Waals surface area (Å²) < 4.78 is 5.65. The summed E-state index contributed by atoms with van der Waals surface area (Å²) in [4.78, 5) is 2.62. The molecule has 112 valence electrons. The molecule has 2 aliphatic rings. The van der Waals surface area contributed by atoms with E-state index in [1.165, 1.54) is 32.2 Å². The molecule has 5 atom stereocenters. The second-order valence-corrected chi connectivity index (χ2v) is 7.08. The highest BCUT2D eigenvalue weighted by Gasteiger charge is 2.37. The lowest BCUT2D eigenvalue weighted by Crippen LogP contribution is -2.56. The van der Waals surface area contributed by atoms with Crippen LogP contribution in [0.15, 0.2) is 0 Å². The minimum atomic E-state index is 0.362. The van der Waals surface area contributed by atoms with Crippen molar-refractivity contribution in [3.63, 3.8) is 0 Å². The van der Waals surface area contributed by atoms with Gasteiger partial charge < -0.3 is 10.5 Å². The van der Waals surface area contributed by atoms with Crippen molar-refractivity contribution in [2.75, 3.05) is 20.2 Å². The van der Waals surface area contributed by atoms with Crippen LogP contribution in [0.5, 0.6) is 0 Å². The van der Waals surface area contributed by atoms with Gasteiger partial charge in [0.25, 0.3) is 0 Å². The van der Waals surface area contributed by atoms with Crippen LogP contribution < -0.4 is 5.73 Å². The third-order valence-electron chi connectivity index (χ3n) is 5.54. The fraction of sp³-hybridized carbons (Fsp3) is 1.00. The van der Waals surface area contributed by atoms with E-state index >= 15 is 0 Å². The molecule has 3 heteroatoms. The Kier molecular flexibility index (Phi) is 5.27. The van der Waals surface area contributed by atoms with Crippen molar-refractivity contribution in [3.05, 3.63) is 0 Å². The summed E-state index contributed by atoms with van der Waals surface area (Å²) >= 11 is 0. The molecule has 1 saturated carbocycles. The van der Waals surface area contributed by atoms with E-state index in [-0.39, 0.29) is 0 Å². The predicted octanol–water partition coefficient (Wildman–Crippen LogP) is 2.50. The number of likely N-dealkylation sites (tertiary alicyclic amines) is 1. The Morgan fingerprint density at radius 2 is 1.95 bits per heavy atom. The lowest BCUT2D eigenvalue weighted by Gasteiger charge is -2.46. The summed E-state index contributed by atoms with van der Waals surface area (Å²) in [5.74, 6) is 2.32. The molecule has 1 aliphatic carbocycles. The van der Waals surface area contributed by atoms with Gasteiger partial charge in [-0.3, -0.25) is 4.90 Å².